The van der Waals surface area contributed by atoms with E-state index in [4.69, 9.17) is 5.11 Å². The number of nitrogens with one attached hydrogen (secondary N) is 2. The van der Waals surface area contributed by atoms with Crippen molar-refractivity contribution in [2.45, 2.75) is 33.1 Å². The van der Waals surface area contributed by atoms with Crippen LogP contribution in [0.4, 0.5) is 5.69 Å². The maximum absolute atomic E-state index is 12.2. The van der Waals surface area contributed by atoms with Crippen molar-refractivity contribution in [3.05, 3.63) is 29.8 Å². The molecule has 112 valence electrons. The third-order valence-corrected chi connectivity index (χ3v) is 3.32. The first kappa shape index (κ1) is 16.5. The third-order valence-electron chi connectivity index (χ3n) is 3.32. The van der Waals surface area contributed by atoms with Crippen molar-refractivity contribution in [2.24, 2.45) is 5.92 Å². The second-order valence-electron chi connectivity index (χ2n) is 4.95. The molecule has 4 heteroatoms. The second-order valence-corrected chi connectivity index (χ2v) is 4.95. The topological polar surface area (TPSA) is 61.4 Å². The van der Waals surface area contributed by atoms with Gasteiger partial charge in [-0.2, -0.15) is 0 Å². The number of carbonyl (C=O) groups excluding carboxylic acids is 1. The van der Waals surface area contributed by atoms with Crippen LogP contribution in [0.5, 0.6) is 0 Å². The number of amides is 1. The Labute approximate surface area is 121 Å². The standard InChI is InChI=1S/C16H26N2O2/c1-3-7-13(10-11-19)12-18-16(20)14-8-5-6-9-15(14)17-4-2/h5-6,8-9,13,17,19H,3-4,7,10-12H2,1-2H3,(H,18,20). The average molecular weight is 278 g/mol. The molecule has 0 saturated carbocycles. The molecule has 0 radical (unpaired) electrons. The SMILES string of the molecule is CCCC(CCO)CNC(=O)c1ccccc1NCC. The Morgan fingerprint density at radius 1 is 1.25 bits per heavy atom. The molecule has 1 amide bonds. The van der Waals surface area contributed by atoms with Crippen molar-refractivity contribution >= 4 is 11.6 Å². The summed E-state index contributed by atoms with van der Waals surface area (Å²) in [5.41, 5.74) is 1.54. The number of hydrogen-bond donors (Lipinski definition) is 3. The second kappa shape index (κ2) is 9.37. The predicted molar refractivity (Wildman–Crippen MR) is 83.0 cm³/mol. The molecule has 0 aliphatic rings. The first-order valence-corrected chi connectivity index (χ1v) is 7.44. The van der Waals surface area contributed by atoms with Crippen LogP contribution in [-0.4, -0.2) is 30.7 Å². The number of rotatable bonds is 9. The molecule has 0 aliphatic carbocycles. The average Bonchev–Trinajstić information content (AvgIpc) is 2.46. The zero-order valence-electron chi connectivity index (χ0n) is 12.5. The van der Waals surface area contributed by atoms with Gasteiger partial charge < -0.3 is 15.7 Å². The summed E-state index contributed by atoms with van der Waals surface area (Å²) in [4.78, 5) is 12.2. The number of anilines is 1. The monoisotopic (exact) mass is 278 g/mol. The summed E-state index contributed by atoms with van der Waals surface area (Å²) in [5, 5.41) is 15.2. The molecule has 0 heterocycles. The van der Waals surface area contributed by atoms with Crippen molar-refractivity contribution < 1.29 is 9.90 Å². The first-order chi connectivity index (χ1) is 9.72. The summed E-state index contributed by atoms with van der Waals surface area (Å²) < 4.78 is 0. The van der Waals surface area contributed by atoms with E-state index in [1.807, 2.05) is 31.2 Å². The third kappa shape index (κ3) is 5.21. The zero-order chi connectivity index (χ0) is 14.8. The predicted octanol–water partition coefficient (Wildman–Crippen LogP) is 2.65. The Balaban J connectivity index is 2.61. The van der Waals surface area contributed by atoms with Gasteiger partial charge in [-0.05, 0) is 37.8 Å². The molecular weight excluding hydrogens is 252 g/mol. The Hall–Kier alpha value is -1.55. The van der Waals surface area contributed by atoms with Gasteiger partial charge in [-0.3, -0.25) is 4.79 Å². The lowest BCUT2D eigenvalue weighted by Gasteiger charge is -2.16. The summed E-state index contributed by atoms with van der Waals surface area (Å²) in [6, 6.07) is 7.53. The van der Waals surface area contributed by atoms with Gasteiger partial charge in [0.15, 0.2) is 0 Å². The van der Waals surface area contributed by atoms with E-state index in [1.54, 1.807) is 0 Å². The molecule has 1 unspecified atom stereocenters. The van der Waals surface area contributed by atoms with Gasteiger partial charge >= 0.3 is 0 Å². The van der Waals surface area contributed by atoms with Gasteiger partial charge in [0.05, 0.1) is 5.56 Å². The fraction of sp³-hybridized carbons (Fsp3) is 0.562. The summed E-state index contributed by atoms with van der Waals surface area (Å²) in [5.74, 6) is 0.292. The van der Waals surface area contributed by atoms with Crippen LogP contribution >= 0.6 is 0 Å². The Morgan fingerprint density at radius 2 is 2.00 bits per heavy atom. The highest BCUT2D eigenvalue weighted by molar-refractivity contribution is 5.99. The maximum Gasteiger partial charge on any atom is 0.253 e. The van der Waals surface area contributed by atoms with E-state index in [9.17, 15) is 4.79 Å². The van der Waals surface area contributed by atoms with E-state index in [-0.39, 0.29) is 12.5 Å². The quantitative estimate of drug-likeness (QED) is 0.651. The number of aliphatic hydroxyl groups is 1. The molecule has 0 fully saturated rings. The highest BCUT2D eigenvalue weighted by Gasteiger charge is 2.13. The minimum Gasteiger partial charge on any atom is -0.396 e. The van der Waals surface area contributed by atoms with Gasteiger partial charge in [-0.1, -0.05) is 25.5 Å². The van der Waals surface area contributed by atoms with Crippen molar-refractivity contribution in [3.8, 4) is 0 Å². The maximum atomic E-state index is 12.2. The first-order valence-electron chi connectivity index (χ1n) is 7.44. The van der Waals surface area contributed by atoms with Gasteiger partial charge in [0.2, 0.25) is 0 Å². The molecular formula is C16H26N2O2. The largest absolute Gasteiger partial charge is 0.396 e. The van der Waals surface area contributed by atoms with Gasteiger partial charge in [0, 0.05) is 25.4 Å². The van der Waals surface area contributed by atoms with Crippen LogP contribution in [0.15, 0.2) is 24.3 Å². The molecule has 0 bridgehead atoms. The lowest BCUT2D eigenvalue weighted by atomic mass is 10.00. The lowest BCUT2D eigenvalue weighted by Crippen LogP contribution is -2.30. The Bertz CT molecular complexity index is 401. The minimum atomic E-state index is -0.0550. The van der Waals surface area contributed by atoms with E-state index in [0.717, 1.165) is 31.5 Å². The van der Waals surface area contributed by atoms with Crippen LogP contribution in [-0.2, 0) is 0 Å². The summed E-state index contributed by atoms with van der Waals surface area (Å²) in [6.45, 7) is 5.70. The van der Waals surface area contributed by atoms with Crippen LogP contribution in [0.1, 0.15) is 43.5 Å². The molecule has 0 spiro atoms. The molecule has 4 nitrogen and oxygen atoms in total. The van der Waals surface area contributed by atoms with Crippen molar-refractivity contribution in [2.75, 3.05) is 25.0 Å². The molecule has 1 aromatic rings. The van der Waals surface area contributed by atoms with Crippen LogP contribution in [0, 0.1) is 5.92 Å². The van der Waals surface area contributed by atoms with Gasteiger partial charge in [0.25, 0.3) is 5.91 Å². The fourth-order valence-corrected chi connectivity index (χ4v) is 2.30. The molecule has 0 aromatic heterocycles. The number of benzene rings is 1. The molecule has 3 N–H and O–H groups in total. The Morgan fingerprint density at radius 3 is 2.65 bits per heavy atom. The van der Waals surface area contributed by atoms with Crippen molar-refractivity contribution in [3.63, 3.8) is 0 Å². The zero-order valence-corrected chi connectivity index (χ0v) is 12.5. The number of carbonyl (C=O) groups is 1. The van der Waals surface area contributed by atoms with Gasteiger partial charge in [-0.25, -0.2) is 0 Å². The molecule has 20 heavy (non-hydrogen) atoms. The smallest absolute Gasteiger partial charge is 0.253 e. The highest BCUT2D eigenvalue weighted by Crippen LogP contribution is 2.15. The van der Waals surface area contributed by atoms with Crippen molar-refractivity contribution in [1.82, 2.24) is 5.32 Å². The summed E-state index contributed by atoms with van der Waals surface area (Å²) in [6.07, 6.45) is 2.83. The summed E-state index contributed by atoms with van der Waals surface area (Å²) >= 11 is 0. The highest BCUT2D eigenvalue weighted by atomic mass is 16.3. The normalized spacial score (nSPS) is 11.9. The molecule has 1 atom stereocenters. The minimum absolute atomic E-state index is 0.0550. The fourth-order valence-electron chi connectivity index (χ4n) is 2.30. The number of hydrogen-bond acceptors (Lipinski definition) is 3. The van der Waals surface area contributed by atoms with E-state index in [1.165, 1.54) is 0 Å². The number of para-hydroxylation sites is 1. The molecule has 1 aromatic carbocycles. The number of aliphatic hydroxyl groups excluding tert-OH is 1. The molecule has 0 aliphatic heterocycles. The summed E-state index contributed by atoms with van der Waals surface area (Å²) in [7, 11) is 0. The van der Waals surface area contributed by atoms with Gasteiger partial charge in [0.1, 0.15) is 0 Å². The van der Waals surface area contributed by atoms with Crippen molar-refractivity contribution in [1.29, 1.82) is 0 Å². The molecule has 1 rings (SSSR count). The van der Waals surface area contributed by atoms with E-state index >= 15 is 0 Å². The lowest BCUT2D eigenvalue weighted by molar-refractivity contribution is 0.0943. The van der Waals surface area contributed by atoms with E-state index in [0.29, 0.717) is 18.0 Å². The van der Waals surface area contributed by atoms with E-state index in [2.05, 4.69) is 17.6 Å². The molecule has 0 saturated heterocycles. The van der Waals surface area contributed by atoms with E-state index < -0.39 is 0 Å². The van der Waals surface area contributed by atoms with Crippen LogP contribution < -0.4 is 10.6 Å². The van der Waals surface area contributed by atoms with Crippen LogP contribution in [0.2, 0.25) is 0 Å². The van der Waals surface area contributed by atoms with Crippen LogP contribution in [0.3, 0.4) is 0 Å². The van der Waals surface area contributed by atoms with Gasteiger partial charge in [-0.15, -0.1) is 0 Å². The Kier molecular flexibility index (Phi) is 7.73. The van der Waals surface area contributed by atoms with Crippen LogP contribution in [0.25, 0.3) is 0 Å².